The van der Waals surface area contributed by atoms with Crippen molar-refractivity contribution in [3.8, 4) is 11.3 Å². The van der Waals surface area contributed by atoms with Gasteiger partial charge in [-0.25, -0.2) is 0 Å². The fourth-order valence-electron chi connectivity index (χ4n) is 4.01. The van der Waals surface area contributed by atoms with E-state index in [2.05, 4.69) is 33.7 Å². The summed E-state index contributed by atoms with van der Waals surface area (Å²) in [5, 5.41) is 15.0. The molecule has 1 aromatic heterocycles. The van der Waals surface area contributed by atoms with Crippen LogP contribution in [0.15, 0.2) is 47.5 Å². The maximum absolute atomic E-state index is 10.5. The molecular formula is C24H33N3O4. The zero-order valence-electron chi connectivity index (χ0n) is 18.1. The minimum atomic E-state index is -0.550. The molecule has 2 heterocycles. The number of benzene rings is 1. The van der Waals surface area contributed by atoms with Crippen LogP contribution < -0.4 is 4.90 Å². The molecule has 2 aliphatic rings. The lowest BCUT2D eigenvalue weighted by Gasteiger charge is -2.29. The normalized spacial score (nSPS) is 17.8. The van der Waals surface area contributed by atoms with Gasteiger partial charge in [-0.15, -0.1) is 6.58 Å². The van der Waals surface area contributed by atoms with Crippen LogP contribution in [-0.4, -0.2) is 73.9 Å². The van der Waals surface area contributed by atoms with Crippen LogP contribution in [0, 0.1) is 5.92 Å². The Morgan fingerprint density at radius 2 is 2.03 bits per heavy atom. The molecule has 0 amide bonds. The first-order chi connectivity index (χ1) is 15.2. The number of ether oxygens (including phenoxy) is 2. The second-order valence-electron chi connectivity index (χ2n) is 8.40. The van der Waals surface area contributed by atoms with Gasteiger partial charge in [0.25, 0.3) is 0 Å². The first kappa shape index (κ1) is 22.0. The lowest BCUT2D eigenvalue weighted by Crippen LogP contribution is -2.38. The Labute approximate surface area is 184 Å². The van der Waals surface area contributed by atoms with Crippen molar-refractivity contribution >= 4 is 5.88 Å². The molecule has 0 bridgehead atoms. The van der Waals surface area contributed by atoms with E-state index < -0.39 is 6.10 Å². The predicted molar refractivity (Wildman–Crippen MR) is 120 cm³/mol. The van der Waals surface area contributed by atoms with E-state index in [0.717, 1.165) is 42.3 Å². The first-order valence-electron chi connectivity index (χ1n) is 11.2. The molecule has 2 aromatic rings. The highest BCUT2D eigenvalue weighted by Crippen LogP contribution is 2.35. The molecule has 1 atom stereocenters. The molecule has 1 aliphatic carbocycles. The largest absolute Gasteiger partial charge is 0.389 e. The lowest BCUT2D eigenvalue weighted by molar-refractivity contribution is 0.0236. The van der Waals surface area contributed by atoms with Gasteiger partial charge in [0.05, 0.1) is 38.1 Å². The van der Waals surface area contributed by atoms with Gasteiger partial charge in [0.15, 0.2) is 0 Å². The Hall–Kier alpha value is -2.19. The van der Waals surface area contributed by atoms with E-state index in [1.165, 1.54) is 12.8 Å². The summed E-state index contributed by atoms with van der Waals surface area (Å²) in [6, 6.07) is 10.2. The Kier molecular flexibility index (Phi) is 7.75. The van der Waals surface area contributed by atoms with E-state index in [1.807, 2.05) is 18.2 Å². The van der Waals surface area contributed by atoms with E-state index in [9.17, 15) is 5.11 Å². The Morgan fingerprint density at radius 3 is 2.74 bits per heavy atom. The molecule has 168 valence electrons. The molecular weight excluding hydrogens is 394 g/mol. The van der Waals surface area contributed by atoms with Gasteiger partial charge in [-0.3, -0.25) is 4.90 Å². The Bertz CT molecular complexity index is 815. The highest BCUT2D eigenvalue weighted by atomic mass is 16.5. The molecule has 1 N–H and O–H groups in total. The van der Waals surface area contributed by atoms with Gasteiger partial charge in [-0.2, -0.15) is 0 Å². The quantitative estimate of drug-likeness (QED) is 0.412. The number of nitrogens with zero attached hydrogens (tertiary/aromatic N) is 3. The highest BCUT2D eigenvalue weighted by molar-refractivity contribution is 5.68. The molecule has 1 aromatic carbocycles. The second kappa shape index (κ2) is 10.9. The number of aliphatic hydroxyl groups is 1. The molecule has 0 radical (unpaired) electrons. The van der Waals surface area contributed by atoms with Gasteiger partial charge in [0, 0.05) is 38.3 Å². The average molecular weight is 428 g/mol. The lowest BCUT2D eigenvalue weighted by atomic mass is 10.1. The van der Waals surface area contributed by atoms with Crippen LogP contribution in [0.4, 0.5) is 5.88 Å². The summed E-state index contributed by atoms with van der Waals surface area (Å²) in [7, 11) is 0. The fraction of sp³-hybridized carbons (Fsp3) is 0.542. The number of hydrogen-bond acceptors (Lipinski definition) is 7. The SMILES string of the molecule is C=CCOC[C@@H](O)CN(Cc1c(-c2ccccc2)noc1N1CCOCC1)CC1CC1. The molecule has 7 nitrogen and oxygen atoms in total. The highest BCUT2D eigenvalue weighted by Gasteiger charge is 2.29. The van der Waals surface area contributed by atoms with E-state index >= 15 is 0 Å². The third-order valence-corrected chi connectivity index (χ3v) is 5.72. The number of hydrogen-bond donors (Lipinski definition) is 1. The van der Waals surface area contributed by atoms with Gasteiger partial charge < -0.3 is 24.0 Å². The maximum atomic E-state index is 10.5. The monoisotopic (exact) mass is 427 g/mol. The van der Waals surface area contributed by atoms with Crippen LogP contribution in [0.25, 0.3) is 11.3 Å². The molecule has 0 spiro atoms. The summed E-state index contributed by atoms with van der Waals surface area (Å²) < 4.78 is 16.9. The number of rotatable bonds is 12. The minimum Gasteiger partial charge on any atom is -0.389 e. The first-order valence-corrected chi connectivity index (χ1v) is 11.2. The van der Waals surface area contributed by atoms with Crippen molar-refractivity contribution in [2.45, 2.75) is 25.5 Å². The molecule has 4 rings (SSSR count). The summed E-state index contributed by atoms with van der Waals surface area (Å²) in [5.74, 6) is 1.52. The van der Waals surface area contributed by atoms with Crippen molar-refractivity contribution in [2.75, 3.05) is 57.5 Å². The van der Waals surface area contributed by atoms with Crippen LogP contribution in [0.2, 0.25) is 0 Å². The van der Waals surface area contributed by atoms with E-state index in [-0.39, 0.29) is 0 Å². The minimum absolute atomic E-state index is 0.304. The molecule has 7 heteroatoms. The summed E-state index contributed by atoms with van der Waals surface area (Å²) >= 11 is 0. The van der Waals surface area contributed by atoms with Crippen molar-refractivity contribution in [1.82, 2.24) is 10.1 Å². The third kappa shape index (κ3) is 6.17. The van der Waals surface area contributed by atoms with Crippen LogP contribution in [0.3, 0.4) is 0 Å². The predicted octanol–water partition coefficient (Wildman–Crippen LogP) is 2.95. The van der Waals surface area contributed by atoms with Gasteiger partial charge >= 0.3 is 0 Å². The molecule has 1 aliphatic heterocycles. The standard InChI is InChI=1S/C24H33N3O4/c1-2-12-30-18-21(28)16-26(15-19-8-9-19)17-22-23(20-6-4-3-5-7-20)25-31-24(22)27-10-13-29-14-11-27/h2-7,19,21,28H,1,8-18H2/t21-/m0/s1. The number of aromatic nitrogens is 1. The summed E-state index contributed by atoms with van der Waals surface area (Å²) in [5.41, 5.74) is 3.00. The molecule has 31 heavy (non-hydrogen) atoms. The molecule has 1 saturated carbocycles. The molecule has 2 fully saturated rings. The summed E-state index contributed by atoms with van der Waals surface area (Å²) in [4.78, 5) is 4.54. The number of aliphatic hydroxyl groups excluding tert-OH is 1. The van der Waals surface area contributed by atoms with E-state index in [0.29, 0.717) is 45.4 Å². The zero-order chi connectivity index (χ0) is 21.5. The Morgan fingerprint density at radius 1 is 1.26 bits per heavy atom. The van der Waals surface area contributed by atoms with Crippen molar-refractivity contribution < 1.29 is 19.1 Å². The molecule has 1 saturated heterocycles. The Balaban J connectivity index is 1.56. The summed E-state index contributed by atoms with van der Waals surface area (Å²) in [6.45, 7) is 9.55. The van der Waals surface area contributed by atoms with Crippen LogP contribution in [0.1, 0.15) is 18.4 Å². The van der Waals surface area contributed by atoms with Crippen molar-refractivity contribution in [3.05, 3.63) is 48.6 Å². The van der Waals surface area contributed by atoms with Gasteiger partial charge in [0.1, 0.15) is 5.69 Å². The zero-order valence-corrected chi connectivity index (χ0v) is 18.1. The maximum Gasteiger partial charge on any atom is 0.232 e. The van der Waals surface area contributed by atoms with Crippen LogP contribution in [-0.2, 0) is 16.0 Å². The van der Waals surface area contributed by atoms with Gasteiger partial charge in [-0.05, 0) is 18.8 Å². The van der Waals surface area contributed by atoms with Gasteiger partial charge in [0.2, 0.25) is 5.88 Å². The average Bonchev–Trinajstić information content (AvgIpc) is 3.52. The fourth-order valence-corrected chi connectivity index (χ4v) is 4.01. The van der Waals surface area contributed by atoms with E-state index in [4.69, 9.17) is 14.0 Å². The van der Waals surface area contributed by atoms with Crippen molar-refractivity contribution in [1.29, 1.82) is 0 Å². The molecule has 0 unspecified atom stereocenters. The second-order valence-corrected chi connectivity index (χ2v) is 8.40. The number of anilines is 1. The van der Waals surface area contributed by atoms with Crippen LogP contribution in [0.5, 0.6) is 0 Å². The topological polar surface area (TPSA) is 71.2 Å². The number of morpholine rings is 1. The van der Waals surface area contributed by atoms with Gasteiger partial charge in [-0.1, -0.05) is 41.6 Å². The van der Waals surface area contributed by atoms with Crippen molar-refractivity contribution in [3.63, 3.8) is 0 Å². The van der Waals surface area contributed by atoms with Crippen LogP contribution >= 0.6 is 0 Å². The van der Waals surface area contributed by atoms with Crippen molar-refractivity contribution in [2.24, 2.45) is 5.92 Å². The smallest absolute Gasteiger partial charge is 0.232 e. The third-order valence-electron chi connectivity index (χ3n) is 5.72. The summed E-state index contributed by atoms with van der Waals surface area (Å²) in [6.07, 6.45) is 3.66. The van der Waals surface area contributed by atoms with E-state index in [1.54, 1.807) is 6.08 Å².